The Kier molecular flexibility index (Phi) is 5.15. The van der Waals surface area contributed by atoms with E-state index in [4.69, 9.17) is 9.72 Å². The van der Waals surface area contributed by atoms with E-state index in [-0.39, 0.29) is 11.8 Å². The van der Waals surface area contributed by atoms with Crippen LogP contribution in [0.25, 0.3) is 11.0 Å². The summed E-state index contributed by atoms with van der Waals surface area (Å²) in [6.45, 7) is 8.32. The highest BCUT2D eigenvalue weighted by atomic mass is 16.5. The lowest BCUT2D eigenvalue weighted by Gasteiger charge is -2.16. The van der Waals surface area contributed by atoms with E-state index < -0.39 is 0 Å². The van der Waals surface area contributed by atoms with Crippen molar-refractivity contribution in [1.29, 1.82) is 0 Å². The molecule has 1 unspecified atom stereocenters. The van der Waals surface area contributed by atoms with Gasteiger partial charge in [-0.3, -0.25) is 4.79 Å². The quantitative estimate of drug-likeness (QED) is 0.588. The van der Waals surface area contributed by atoms with Gasteiger partial charge in [0.2, 0.25) is 5.91 Å². The summed E-state index contributed by atoms with van der Waals surface area (Å²) in [5.41, 5.74) is 3.17. The second-order valence-corrected chi connectivity index (χ2v) is 7.21. The van der Waals surface area contributed by atoms with Crippen molar-refractivity contribution in [1.82, 2.24) is 14.5 Å². The predicted molar refractivity (Wildman–Crippen MR) is 111 cm³/mol. The van der Waals surface area contributed by atoms with Crippen molar-refractivity contribution in [2.75, 3.05) is 19.7 Å². The van der Waals surface area contributed by atoms with Crippen LogP contribution < -0.4 is 4.74 Å². The normalized spacial score (nSPS) is 16.7. The molecule has 0 bridgehead atoms. The van der Waals surface area contributed by atoms with Crippen molar-refractivity contribution in [2.45, 2.75) is 25.8 Å². The van der Waals surface area contributed by atoms with Crippen LogP contribution >= 0.6 is 0 Å². The fraction of sp³-hybridized carbons (Fsp3) is 0.304. The van der Waals surface area contributed by atoms with Gasteiger partial charge in [-0.2, -0.15) is 0 Å². The predicted octanol–water partition coefficient (Wildman–Crippen LogP) is 3.93. The highest BCUT2D eigenvalue weighted by Crippen LogP contribution is 2.30. The second kappa shape index (κ2) is 7.89. The average molecular weight is 375 g/mol. The van der Waals surface area contributed by atoms with Gasteiger partial charge in [0.25, 0.3) is 0 Å². The van der Waals surface area contributed by atoms with E-state index in [1.807, 2.05) is 54.3 Å². The molecule has 0 spiro atoms. The summed E-state index contributed by atoms with van der Waals surface area (Å²) in [7, 11) is 0. The molecule has 0 radical (unpaired) electrons. The number of nitrogens with zero attached hydrogens (tertiary/aromatic N) is 3. The van der Waals surface area contributed by atoms with Crippen LogP contribution in [0, 0.1) is 6.92 Å². The highest BCUT2D eigenvalue weighted by Gasteiger charge is 2.33. The van der Waals surface area contributed by atoms with E-state index >= 15 is 0 Å². The Morgan fingerprint density at radius 2 is 2.00 bits per heavy atom. The van der Waals surface area contributed by atoms with Gasteiger partial charge in [0.05, 0.1) is 17.6 Å². The molecule has 144 valence electrons. The number of likely N-dealkylation sites (tertiary alicyclic amines) is 1. The number of hydrogen-bond acceptors (Lipinski definition) is 3. The van der Waals surface area contributed by atoms with Crippen molar-refractivity contribution < 1.29 is 9.53 Å². The zero-order valence-electron chi connectivity index (χ0n) is 16.2. The molecule has 0 aliphatic carbocycles. The lowest BCUT2D eigenvalue weighted by Crippen LogP contribution is -2.25. The molecular formula is C23H25N3O2. The van der Waals surface area contributed by atoms with Gasteiger partial charge < -0.3 is 14.2 Å². The van der Waals surface area contributed by atoms with Gasteiger partial charge in [-0.25, -0.2) is 4.98 Å². The molecular weight excluding hydrogens is 350 g/mol. The molecule has 1 aliphatic heterocycles. The lowest BCUT2D eigenvalue weighted by atomic mass is 10.1. The summed E-state index contributed by atoms with van der Waals surface area (Å²) in [6, 6.07) is 16.2. The zero-order chi connectivity index (χ0) is 19.5. The molecule has 1 fully saturated rings. The van der Waals surface area contributed by atoms with E-state index in [2.05, 4.69) is 17.2 Å². The number of para-hydroxylation sites is 3. The molecule has 4 rings (SSSR count). The number of ether oxygens (including phenoxy) is 1. The minimum atomic E-state index is 0.0957. The smallest absolute Gasteiger partial charge is 0.223 e. The first-order chi connectivity index (χ1) is 13.7. The highest BCUT2D eigenvalue weighted by molar-refractivity contribution is 5.81. The number of amides is 1. The number of hydrogen-bond donors (Lipinski definition) is 0. The third kappa shape index (κ3) is 3.52. The number of carbonyl (C=O) groups is 1. The maximum Gasteiger partial charge on any atom is 0.223 e. The third-order valence-corrected chi connectivity index (χ3v) is 5.28. The first-order valence-electron chi connectivity index (χ1n) is 9.69. The Balaban J connectivity index is 1.58. The van der Waals surface area contributed by atoms with Crippen molar-refractivity contribution in [3.05, 3.63) is 72.6 Å². The van der Waals surface area contributed by atoms with Crippen molar-refractivity contribution in [2.24, 2.45) is 0 Å². The number of aryl methyl sites for hydroxylation is 1. The van der Waals surface area contributed by atoms with Gasteiger partial charge in [-0.1, -0.05) is 36.4 Å². The average Bonchev–Trinajstić information content (AvgIpc) is 3.24. The topological polar surface area (TPSA) is 47.4 Å². The van der Waals surface area contributed by atoms with Gasteiger partial charge >= 0.3 is 0 Å². The Bertz CT molecular complexity index is 1010. The zero-order valence-corrected chi connectivity index (χ0v) is 16.2. The maximum absolute atomic E-state index is 12.3. The van der Waals surface area contributed by atoms with Gasteiger partial charge in [-0.15, -0.1) is 6.58 Å². The van der Waals surface area contributed by atoms with E-state index in [0.29, 0.717) is 32.7 Å². The molecule has 0 N–H and O–H groups in total. The molecule has 1 saturated heterocycles. The van der Waals surface area contributed by atoms with Crippen molar-refractivity contribution in [3.8, 4) is 5.75 Å². The molecule has 5 heteroatoms. The molecule has 1 aliphatic rings. The van der Waals surface area contributed by atoms with Gasteiger partial charge in [0, 0.05) is 25.4 Å². The molecule has 2 aromatic carbocycles. The van der Waals surface area contributed by atoms with E-state index in [1.54, 1.807) is 6.08 Å². The monoisotopic (exact) mass is 375 g/mol. The van der Waals surface area contributed by atoms with Crippen LogP contribution in [0.3, 0.4) is 0 Å². The molecule has 0 saturated carbocycles. The van der Waals surface area contributed by atoms with Gasteiger partial charge in [-0.05, 0) is 30.7 Å². The Morgan fingerprint density at radius 3 is 2.82 bits per heavy atom. The molecule has 1 amide bonds. The summed E-state index contributed by atoms with van der Waals surface area (Å²) in [6.07, 6.45) is 2.27. The van der Waals surface area contributed by atoms with Gasteiger partial charge in [0.15, 0.2) is 0 Å². The molecule has 5 nitrogen and oxygen atoms in total. The standard InChI is InChI=1S/C23H25N3O2/c1-3-12-25-16-18(15-22(25)27)23-24-19-9-5-6-10-20(19)26(23)13-14-28-21-11-7-4-8-17(21)2/h3-11,18H,1,12-16H2,2H3. The Hall–Kier alpha value is -3.08. The summed E-state index contributed by atoms with van der Waals surface area (Å²) >= 11 is 0. The summed E-state index contributed by atoms with van der Waals surface area (Å²) in [5, 5.41) is 0. The Labute approximate surface area is 165 Å². The minimum Gasteiger partial charge on any atom is -0.491 e. The van der Waals surface area contributed by atoms with Crippen molar-refractivity contribution in [3.63, 3.8) is 0 Å². The number of carbonyl (C=O) groups excluding carboxylic acids is 1. The largest absolute Gasteiger partial charge is 0.491 e. The van der Waals surface area contributed by atoms with Crippen LogP contribution in [-0.4, -0.2) is 40.1 Å². The number of fused-ring (bicyclic) bond motifs is 1. The SMILES string of the molecule is C=CCN1CC(c2nc3ccccc3n2CCOc2ccccc2C)CC1=O. The van der Waals surface area contributed by atoms with E-state index in [0.717, 1.165) is 28.2 Å². The summed E-state index contributed by atoms with van der Waals surface area (Å²) in [5.74, 6) is 2.13. The van der Waals surface area contributed by atoms with Crippen molar-refractivity contribution >= 4 is 16.9 Å². The molecule has 28 heavy (non-hydrogen) atoms. The van der Waals surface area contributed by atoms with Crippen LogP contribution in [0.4, 0.5) is 0 Å². The molecule has 1 atom stereocenters. The molecule has 1 aromatic heterocycles. The number of aromatic nitrogens is 2. The van der Waals surface area contributed by atoms with Crippen LogP contribution in [0.1, 0.15) is 23.7 Å². The number of rotatable bonds is 7. The van der Waals surface area contributed by atoms with E-state index in [1.165, 1.54) is 0 Å². The Morgan fingerprint density at radius 1 is 1.21 bits per heavy atom. The molecule has 2 heterocycles. The minimum absolute atomic E-state index is 0.0957. The fourth-order valence-electron chi connectivity index (χ4n) is 3.88. The third-order valence-electron chi connectivity index (χ3n) is 5.28. The van der Waals surface area contributed by atoms with E-state index in [9.17, 15) is 4.79 Å². The number of imidazole rings is 1. The summed E-state index contributed by atoms with van der Waals surface area (Å²) in [4.78, 5) is 19.0. The number of benzene rings is 2. The summed E-state index contributed by atoms with van der Waals surface area (Å²) < 4.78 is 8.23. The van der Waals surface area contributed by atoms with Crippen LogP contribution in [-0.2, 0) is 11.3 Å². The first-order valence-corrected chi connectivity index (χ1v) is 9.69. The molecule has 3 aromatic rings. The maximum atomic E-state index is 12.3. The fourth-order valence-corrected chi connectivity index (χ4v) is 3.88. The van der Waals surface area contributed by atoms with Crippen LogP contribution in [0.5, 0.6) is 5.75 Å². The van der Waals surface area contributed by atoms with Crippen LogP contribution in [0.2, 0.25) is 0 Å². The van der Waals surface area contributed by atoms with Crippen LogP contribution in [0.15, 0.2) is 61.2 Å². The first kappa shape index (κ1) is 18.3. The van der Waals surface area contributed by atoms with Gasteiger partial charge in [0.1, 0.15) is 18.2 Å². The lowest BCUT2D eigenvalue weighted by molar-refractivity contribution is -0.127. The second-order valence-electron chi connectivity index (χ2n) is 7.21.